The van der Waals surface area contributed by atoms with Gasteiger partial charge in [0, 0.05) is 9.92 Å². The van der Waals surface area contributed by atoms with Gasteiger partial charge in [-0.2, -0.15) is 8.78 Å². The van der Waals surface area contributed by atoms with Crippen LogP contribution in [0.3, 0.4) is 0 Å². The molecule has 0 aliphatic carbocycles. The van der Waals surface area contributed by atoms with Crippen LogP contribution in [-0.4, -0.2) is 11.2 Å². The molecule has 2 rings (SSSR count). The number of esters is 1. The van der Waals surface area contributed by atoms with Crippen molar-refractivity contribution in [2.45, 2.75) is 10.2 Å². The maximum atomic E-state index is 13.7. The molecule has 0 saturated carbocycles. The minimum atomic E-state index is -3.67. The fraction of sp³-hybridized carbons (Fsp3) is 0.0714. The molecule has 0 aromatic heterocycles. The fourth-order valence-corrected chi connectivity index (χ4v) is 2.19. The Bertz CT molecular complexity index is 588. The van der Waals surface area contributed by atoms with Crippen LogP contribution in [0.2, 0.25) is 5.02 Å². The number of halogens is 3. The number of hydrogen-bond donors (Lipinski definition) is 0. The smallest absolute Gasteiger partial charge is 0.394 e. The van der Waals surface area contributed by atoms with E-state index in [2.05, 4.69) is 4.74 Å². The lowest BCUT2D eigenvalue weighted by molar-refractivity contribution is -0.149. The average molecular weight is 315 g/mol. The zero-order chi connectivity index (χ0) is 14.6. The monoisotopic (exact) mass is 314 g/mol. The average Bonchev–Trinajstić information content (AvgIpc) is 2.42. The van der Waals surface area contributed by atoms with E-state index in [4.69, 9.17) is 11.6 Å². The van der Waals surface area contributed by atoms with Crippen molar-refractivity contribution in [1.29, 1.82) is 0 Å². The predicted octanol–water partition coefficient (Wildman–Crippen LogP) is 4.63. The molecule has 2 nitrogen and oxygen atoms in total. The number of hydrogen-bond acceptors (Lipinski definition) is 3. The molecule has 0 atom stereocenters. The number of carbonyl (C=O) groups excluding carboxylic acids is 1. The Morgan fingerprint density at radius 3 is 2.25 bits per heavy atom. The third kappa shape index (κ3) is 3.95. The standard InChI is InChI=1S/C14H9ClF2O2S/c15-10-6-8-11(9-7-10)19-13(18)14(16,17)20-12-4-2-1-3-5-12/h1-9H. The van der Waals surface area contributed by atoms with E-state index >= 15 is 0 Å². The van der Waals surface area contributed by atoms with Crippen LogP contribution in [0.15, 0.2) is 59.5 Å². The molecule has 0 amide bonds. The first-order valence-electron chi connectivity index (χ1n) is 5.57. The third-order valence-electron chi connectivity index (χ3n) is 2.25. The van der Waals surface area contributed by atoms with E-state index in [-0.39, 0.29) is 22.4 Å². The quantitative estimate of drug-likeness (QED) is 0.467. The Morgan fingerprint density at radius 1 is 1.05 bits per heavy atom. The molecule has 0 fully saturated rings. The van der Waals surface area contributed by atoms with Crippen LogP contribution >= 0.6 is 23.4 Å². The number of rotatable bonds is 4. The summed E-state index contributed by atoms with van der Waals surface area (Å²) in [5, 5.41) is -3.24. The molecule has 0 heterocycles. The van der Waals surface area contributed by atoms with Gasteiger partial charge in [-0.25, -0.2) is 4.79 Å². The van der Waals surface area contributed by atoms with Gasteiger partial charge in [0.05, 0.1) is 0 Å². The van der Waals surface area contributed by atoms with E-state index in [1.54, 1.807) is 18.2 Å². The molecular weight excluding hydrogens is 306 g/mol. The van der Waals surface area contributed by atoms with Crippen LogP contribution in [0, 0.1) is 0 Å². The van der Waals surface area contributed by atoms with Gasteiger partial charge in [-0.15, -0.1) is 0 Å². The Morgan fingerprint density at radius 2 is 1.65 bits per heavy atom. The zero-order valence-corrected chi connectivity index (χ0v) is 11.6. The van der Waals surface area contributed by atoms with Crippen molar-refractivity contribution in [2.75, 3.05) is 0 Å². The molecule has 0 bridgehead atoms. The van der Waals surface area contributed by atoms with Crippen molar-refractivity contribution in [3.05, 3.63) is 59.6 Å². The van der Waals surface area contributed by atoms with Gasteiger partial charge >= 0.3 is 11.2 Å². The number of thioether (sulfide) groups is 1. The maximum absolute atomic E-state index is 13.7. The molecule has 0 aliphatic rings. The van der Waals surface area contributed by atoms with Crippen LogP contribution in [0.1, 0.15) is 0 Å². The van der Waals surface area contributed by atoms with E-state index < -0.39 is 11.2 Å². The van der Waals surface area contributed by atoms with E-state index in [0.29, 0.717) is 5.02 Å². The van der Waals surface area contributed by atoms with E-state index in [1.165, 1.54) is 36.4 Å². The molecular formula is C14H9ClF2O2S. The summed E-state index contributed by atoms with van der Waals surface area (Å²) in [5.41, 5.74) is 0. The molecule has 0 unspecified atom stereocenters. The Labute approximate surface area is 123 Å². The van der Waals surface area contributed by atoms with Gasteiger partial charge in [-0.3, -0.25) is 0 Å². The number of alkyl halides is 2. The highest BCUT2D eigenvalue weighted by Gasteiger charge is 2.42. The number of benzene rings is 2. The van der Waals surface area contributed by atoms with Crippen LogP contribution in [0.25, 0.3) is 0 Å². The van der Waals surface area contributed by atoms with Gasteiger partial charge in [-0.05, 0) is 48.2 Å². The van der Waals surface area contributed by atoms with Gasteiger partial charge in [0.25, 0.3) is 0 Å². The van der Waals surface area contributed by atoms with Gasteiger partial charge in [-0.1, -0.05) is 29.8 Å². The lowest BCUT2D eigenvalue weighted by Crippen LogP contribution is -2.29. The second-order valence-corrected chi connectivity index (χ2v) is 5.40. The highest BCUT2D eigenvalue weighted by Crippen LogP contribution is 2.37. The first-order chi connectivity index (χ1) is 9.47. The van der Waals surface area contributed by atoms with Crippen molar-refractivity contribution in [2.24, 2.45) is 0 Å². The van der Waals surface area contributed by atoms with Gasteiger partial charge < -0.3 is 4.74 Å². The number of ether oxygens (including phenoxy) is 1. The maximum Gasteiger partial charge on any atom is 0.394 e. The van der Waals surface area contributed by atoms with Crippen molar-refractivity contribution >= 4 is 29.3 Å². The van der Waals surface area contributed by atoms with Crippen LogP contribution in [0.4, 0.5) is 8.78 Å². The van der Waals surface area contributed by atoms with E-state index in [9.17, 15) is 13.6 Å². The lowest BCUT2D eigenvalue weighted by atomic mass is 10.3. The second-order valence-electron chi connectivity index (χ2n) is 3.78. The zero-order valence-electron chi connectivity index (χ0n) is 10.1. The van der Waals surface area contributed by atoms with Crippen LogP contribution in [0.5, 0.6) is 5.75 Å². The molecule has 0 saturated heterocycles. The summed E-state index contributed by atoms with van der Waals surface area (Å²) in [6.07, 6.45) is 0. The topological polar surface area (TPSA) is 26.3 Å². The highest BCUT2D eigenvalue weighted by atomic mass is 35.5. The molecule has 6 heteroatoms. The molecule has 0 radical (unpaired) electrons. The van der Waals surface area contributed by atoms with Crippen molar-refractivity contribution in [1.82, 2.24) is 0 Å². The molecule has 20 heavy (non-hydrogen) atoms. The first-order valence-corrected chi connectivity index (χ1v) is 6.76. The molecule has 2 aromatic rings. The van der Waals surface area contributed by atoms with Gasteiger partial charge in [0.15, 0.2) is 0 Å². The molecule has 0 aliphatic heterocycles. The summed E-state index contributed by atoms with van der Waals surface area (Å²) in [7, 11) is 0. The van der Waals surface area contributed by atoms with Gasteiger partial charge in [0.1, 0.15) is 5.75 Å². The first kappa shape index (κ1) is 14.8. The SMILES string of the molecule is O=C(Oc1ccc(Cl)cc1)C(F)(F)Sc1ccccc1. The summed E-state index contributed by atoms with van der Waals surface area (Å²) >= 11 is 5.80. The molecule has 0 N–H and O–H groups in total. The second kappa shape index (κ2) is 6.24. The Kier molecular flexibility index (Phi) is 4.62. The fourth-order valence-electron chi connectivity index (χ4n) is 1.35. The molecule has 104 valence electrons. The molecule has 2 aromatic carbocycles. The Balaban J connectivity index is 2.05. The summed E-state index contributed by atoms with van der Waals surface area (Å²) in [4.78, 5) is 11.8. The van der Waals surface area contributed by atoms with Crippen LogP contribution in [-0.2, 0) is 4.79 Å². The third-order valence-corrected chi connectivity index (χ3v) is 3.43. The van der Waals surface area contributed by atoms with Gasteiger partial charge in [0.2, 0.25) is 0 Å². The minimum Gasteiger partial charge on any atom is -0.421 e. The summed E-state index contributed by atoms with van der Waals surface area (Å²) < 4.78 is 32.1. The van der Waals surface area contributed by atoms with Crippen LogP contribution < -0.4 is 4.74 Å². The molecule has 0 spiro atoms. The highest BCUT2D eigenvalue weighted by molar-refractivity contribution is 8.01. The van der Waals surface area contributed by atoms with E-state index in [0.717, 1.165) is 0 Å². The normalized spacial score (nSPS) is 11.2. The largest absolute Gasteiger partial charge is 0.421 e. The van der Waals surface area contributed by atoms with Crippen molar-refractivity contribution in [3.8, 4) is 5.75 Å². The summed E-state index contributed by atoms with van der Waals surface area (Å²) in [5.74, 6) is -1.60. The number of carbonyl (C=O) groups is 1. The predicted molar refractivity (Wildman–Crippen MR) is 74.3 cm³/mol. The lowest BCUT2D eigenvalue weighted by Gasteiger charge is -2.14. The minimum absolute atomic E-state index is 0.0211. The van der Waals surface area contributed by atoms with Crippen molar-refractivity contribution < 1.29 is 18.3 Å². The van der Waals surface area contributed by atoms with E-state index in [1.807, 2.05) is 0 Å². The Hall–Kier alpha value is -1.59. The van der Waals surface area contributed by atoms with Crippen molar-refractivity contribution in [3.63, 3.8) is 0 Å². The summed E-state index contributed by atoms with van der Waals surface area (Å²) in [6.45, 7) is 0. The summed E-state index contributed by atoms with van der Waals surface area (Å²) in [6, 6.07) is 13.5.